The second kappa shape index (κ2) is 5.36. The van der Waals surface area contributed by atoms with Gasteiger partial charge in [-0.15, -0.1) is 0 Å². The number of aliphatic hydroxyl groups is 1. The Labute approximate surface area is 111 Å². The molecule has 0 heterocycles. The number of aliphatic hydroxyl groups excluding tert-OH is 1. The number of amides is 1. The molecule has 1 fully saturated rings. The van der Waals surface area contributed by atoms with Gasteiger partial charge >= 0.3 is 0 Å². The molecule has 6 heteroatoms. The third kappa shape index (κ3) is 2.73. The molecule has 0 bridgehead atoms. The third-order valence-corrected chi connectivity index (χ3v) is 3.26. The number of nitrogen functional groups attached to an aromatic ring is 1. The minimum Gasteiger partial charge on any atom is -0.497 e. The highest BCUT2D eigenvalue weighted by Gasteiger charge is 2.29. The Balaban J connectivity index is 2.20. The van der Waals surface area contributed by atoms with Gasteiger partial charge in [0.05, 0.1) is 31.6 Å². The van der Waals surface area contributed by atoms with Gasteiger partial charge in [-0.3, -0.25) is 4.79 Å². The van der Waals surface area contributed by atoms with Gasteiger partial charge in [0, 0.05) is 12.1 Å². The van der Waals surface area contributed by atoms with Crippen molar-refractivity contribution < 1.29 is 19.4 Å². The number of methoxy groups -OCH3 is 2. The normalized spacial score (nSPS) is 21.4. The fourth-order valence-electron chi connectivity index (χ4n) is 2.04. The van der Waals surface area contributed by atoms with Gasteiger partial charge in [0.15, 0.2) is 0 Å². The summed E-state index contributed by atoms with van der Waals surface area (Å²) >= 11 is 0. The Bertz CT molecular complexity index is 484. The SMILES string of the molecule is COc1cc(OC)c(N)c(C(=O)NC2CC(O)C2)c1. The highest BCUT2D eigenvalue weighted by molar-refractivity contribution is 6.01. The number of nitrogens with one attached hydrogen (secondary N) is 1. The minimum atomic E-state index is -0.317. The molecule has 6 nitrogen and oxygen atoms in total. The van der Waals surface area contributed by atoms with E-state index in [1.165, 1.54) is 14.2 Å². The largest absolute Gasteiger partial charge is 0.497 e. The van der Waals surface area contributed by atoms with Crippen LogP contribution in [0.25, 0.3) is 0 Å². The van der Waals surface area contributed by atoms with Gasteiger partial charge in [-0.25, -0.2) is 0 Å². The smallest absolute Gasteiger partial charge is 0.253 e. The average molecular weight is 266 g/mol. The molecule has 1 saturated carbocycles. The molecular weight excluding hydrogens is 248 g/mol. The van der Waals surface area contributed by atoms with Crippen molar-refractivity contribution in [1.29, 1.82) is 0 Å². The topological polar surface area (TPSA) is 93.8 Å². The molecule has 0 atom stereocenters. The van der Waals surface area contributed by atoms with Crippen LogP contribution in [0, 0.1) is 0 Å². The fourth-order valence-corrected chi connectivity index (χ4v) is 2.04. The van der Waals surface area contributed by atoms with Crippen molar-refractivity contribution in [3.63, 3.8) is 0 Å². The van der Waals surface area contributed by atoms with E-state index in [1.54, 1.807) is 12.1 Å². The highest BCUT2D eigenvalue weighted by Crippen LogP contribution is 2.31. The van der Waals surface area contributed by atoms with Crippen LogP contribution in [0.3, 0.4) is 0 Å². The zero-order valence-electron chi connectivity index (χ0n) is 11.0. The first-order valence-electron chi connectivity index (χ1n) is 6.05. The lowest BCUT2D eigenvalue weighted by molar-refractivity contribution is 0.0563. The molecule has 104 valence electrons. The lowest BCUT2D eigenvalue weighted by Crippen LogP contribution is -2.46. The lowest BCUT2D eigenvalue weighted by Gasteiger charge is -2.32. The maximum absolute atomic E-state index is 12.1. The summed E-state index contributed by atoms with van der Waals surface area (Å²) < 4.78 is 10.2. The Morgan fingerprint density at radius 3 is 2.58 bits per heavy atom. The van der Waals surface area contributed by atoms with Crippen molar-refractivity contribution in [3.8, 4) is 11.5 Å². The van der Waals surface area contributed by atoms with Crippen molar-refractivity contribution in [2.24, 2.45) is 0 Å². The summed E-state index contributed by atoms with van der Waals surface area (Å²) in [5.41, 5.74) is 6.49. The van der Waals surface area contributed by atoms with Crippen LogP contribution in [-0.2, 0) is 0 Å². The van der Waals surface area contributed by atoms with E-state index in [-0.39, 0.29) is 23.7 Å². The Morgan fingerprint density at radius 2 is 2.05 bits per heavy atom. The van der Waals surface area contributed by atoms with Crippen LogP contribution < -0.4 is 20.5 Å². The van der Waals surface area contributed by atoms with Gasteiger partial charge in [0.2, 0.25) is 0 Å². The fraction of sp³-hybridized carbons (Fsp3) is 0.462. The van der Waals surface area contributed by atoms with E-state index in [2.05, 4.69) is 5.32 Å². The molecular formula is C13H18N2O4. The summed E-state index contributed by atoms with van der Waals surface area (Å²) in [5, 5.41) is 12.0. The minimum absolute atomic E-state index is 0.000837. The number of hydrogen-bond acceptors (Lipinski definition) is 5. The van der Waals surface area contributed by atoms with Crippen molar-refractivity contribution in [2.45, 2.75) is 25.0 Å². The van der Waals surface area contributed by atoms with Crippen LogP contribution in [0.2, 0.25) is 0 Å². The van der Waals surface area contributed by atoms with Crippen molar-refractivity contribution in [3.05, 3.63) is 17.7 Å². The summed E-state index contributed by atoms with van der Waals surface area (Å²) in [6, 6.07) is 3.20. The number of rotatable bonds is 4. The van der Waals surface area contributed by atoms with Gasteiger partial charge in [0.1, 0.15) is 11.5 Å². The number of carbonyl (C=O) groups excluding carboxylic acids is 1. The van der Waals surface area contributed by atoms with Gasteiger partial charge in [-0.1, -0.05) is 0 Å². The molecule has 2 rings (SSSR count). The summed E-state index contributed by atoms with van der Waals surface area (Å²) in [6.07, 6.45) is 0.835. The Morgan fingerprint density at radius 1 is 1.37 bits per heavy atom. The lowest BCUT2D eigenvalue weighted by atomic mass is 9.89. The first-order chi connectivity index (χ1) is 9.05. The van der Waals surface area contributed by atoms with E-state index in [9.17, 15) is 9.90 Å². The zero-order valence-corrected chi connectivity index (χ0v) is 11.0. The van der Waals surface area contributed by atoms with E-state index in [1.807, 2.05) is 0 Å². The van der Waals surface area contributed by atoms with Crippen molar-refractivity contribution in [1.82, 2.24) is 5.32 Å². The Kier molecular flexibility index (Phi) is 3.80. The van der Waals surface area contributed by atoms with Gasteiger partial charge in [0.25, 0.3) is 5.91 Å². The third-order valence-electron chi connectivity index (χ3n) is 3.26. The number of anilines is 1. The van der Waals surface area contributed by atoms with Crippen LogP contribution in [0.5, 0.6) is 11.5 Å². The monoisotopic (exact) mass is 266 g/mol. The maximum Gasteiger partial charge on any atom is 0.253 e. The van der Waals surface area contributed by atoms with Crippen LogP contribution in [0.15, 0.2) is 12.1 Å². The van der Waals surface area contributed by atoms with Gasteiger partial charge in [-0.2, -0.15) is 0 Å². The summed E-state index contributed by atoms with van der Waals surface area (Å²) in [7, 11) is 2.99. The van der Waals surface area contributed by atoms with E-state index in [4.69, 9.17) is 15.2 Å². The van der Waals surface area contributed by atoms with Crippen LogP contribution >= 0.6 is 0 Å². The first-order valence-corrected chi connectivity index (χ1v) is 6.05. The van der Waals surface area contributed by atoms with Crippen LogP contribution in [0.4, 0.5) is 5.69 Å². The predicted octanol–water partition coefficient (Wildman–Crippen LogP) is 0.539. The standard InChI is InChI=1S/C13H18N2O4/c1-18-9-5-10(12(14)11(6-9)19-2)13(17)15-7-3-8(16)4-7/h5-8,16H,3-4,14H2,1-2H3,(H,15,17). The van der Waals surface area contributed by atoms with Crippen LogP contribution in [-0.4, -0.2) is 37.4 Å². The molecule has 0 saturated heterocycles. The predicted molar refractivity (Wildman–Crippen MR) is 70.5 cm³/mol. The first kappa shape index (κ1) is 13.5. The van der Waals surface area contributed by atoms with E-state index < -0.39 is 0 Å². The molecule has 1 aromatic rings. The number of benzene rings is 1. The van der Waals surface area contributed by atoms with Crippen LogP contribution in [0.1, 0.15) is 23.2 Å². The molecule has 1 aliphatic carbocycles. The molecule has 0 aliphatic heterocycles. The van der Waals surface area contributed by atoms with Crippen molar-refractivity contribution >= 4 is 11.6 Å². The van der Waals surface area contributed by atoms with Crippen molar-refractivity contribution in [2.75, 3.05) is 20.0 Å². The molecule has 19 heavy (non-hydrogen) atoms. The molecule has 1 aromatic carbocycles. The van der Waals surface area contributed by atoms with E-state index in [0.717, 1.165) is 0 Å². The van der Waals surface area contributed by atoms with Gasteiger partial charge < -0.3 is 25.6 Å². The maximum atomic E-state index is 12.1. The zero-order chi connectivity index (χ0) is 14.0. The molecule has 0 radical (unpaired) electrons. The van der Waals surface area contributed by atoms with E-state index in [0.29, 0.717) is 29.9 Å². The highest BCUT2D eigenvalue weighted by atomic mass is 16.5. The van der Waals surface area contributed by atoms with Gasteiger partial charge in [-0.05, 0) is 18.9 Å². The number of carbonyl (C=O) groups is 1. The molecule has 0 spiro atoms. The molecule has 1 amide bonds. The molecule has 4 N–H and O–H groups in total. The number of nitrogens with two attached hydrogens (primary N) is 1. The summed E-state index contributed by atoms with van der Waals surface area (Å²) in [4.78, 5) is 12.1. The number of ether oxygens (including phenoxy) is 2. The summed E-state index contributed by atoms with van der Waals surface area (Å²) in [5.74, 6) is 0.620. The average Bonchev–Trinajstić information content (AvgIpc) is 2.37. The molecule has 0 unspecified atom stereocenters. The molecule has 0 aromatic heterocycles. The Hall–Kier alpha value is -1.95. The second-order valence-corrected chi connectivity index (χ2v) is 4.59. The molecule has 1 aliphatic rings. The quantitative estimate of drug-likeness (QED) is 0.691. The van der Waals surface area contributed by atoms with E-state index >= 15 is 0 Å². The second-order valence-electron chi connectivity index (χ2n) is 4.59. The number of hydrogen-bond donors (Lipinski definition) is 3. The summed E-state index contributed by atoms with van der Waals surface area (Å²) in [6.45, 7) is 0.